The molecule has 2 aromatic rings. The van der Waals surface area contributed by atoms with Crippen LogP contribution in [0.1, 0.15) is 21.7 Å². The van der Waals surface area contributed by atoms with Crippen molar-refractivity contribution >= 4 is 17.3 Å². The number of benzene rings is 1. The number of rotatable bonds is 5. The molecule has 3 rings (SSSR count). The lowest BCUT2D eigenvalue weighted by atomic mass is 10.1. The van der Waals surface area contributed by atoms with E-state index in [0.29, 0.717) is 23.8 Å². The van der Waals surface area contributed by atoms with Gasteiger partial charge >= 0.3 is 5.97 Å². The Labute approximate surface area is 139 Å². The zero-order valence-corrected chi connectivity index (χ0v) is 14.0. The molecule has 2 heterocycles. The number of hydrogen-bond acceptors (Lipinski definition) is 6. The SMILES string of the molecule is COC(=O)c1cc(OC[C@@H]2CCOC2)cc(-c2ncc(C)s2)c1. The maximum Gasteiger partial charge on any atom is 0.338 e. The fraction of sp³-hybridized carbons (Fsp3) is 0.412. The Kier molecular flexibility index (Phi) is 4.93. The topological polar surface area (TPSA) is 57.7 Å². The molecular formula is C17H19NO4S. The van der Waals surface area contributed by atoms with Crippen LogP contribution in [-0.4, -0.2) is 37.9 Å². The molecule has 6 heteroatoms. The Morgan fingerprint density at radius 2 is 2.30 bits per heavy atom. The summed E-state index contributed by atoms with van der Waals surface area (Å²) in [5, 5.41) is 0.863. The maximum atomic E-state index is 11.9. The minimum atomic E-state index is -0.380. The second-order valence-electron chi connectivity index (χ2n) is 5.55. The molecule has 0 spiro atoms. The Hall–Kier alpha value is -1.92. The first-order valence-electron chi connectivity index (χ1n) is 7.52. The first kappa shape index (κ1) is 16.0. The molecule has 0 N–H and O–H groups in total. The summed E-state index contributed by atoms with van der Waals surface area (Å²) >= 11 is 1.58. The molecule has 0 bridgehead atoms. The van der Waals surface area contributed by atoms with Crippen LogP contribution in [0, 0.1) is 12.8 Å². The highest BCUT2D eigenvalue weighted by Crippen LogP contribution is 2.30. The van der Waals surface area contributed by atoms with Crippen molar-refractivity contribution in [1.82, 2.24) is 4.98 Å². The molecule has 1 aromatic carbocycles. The third-order valence-electron chi connectivity index (χ3n) is 3.71. The molecule has 0 unspecified atom stereocenters. The van der Waals surface area contributed by atoms with Gasteiger partial charge < -0.3 is 14.2 Å². The van der Waals surface area contributed by atoms with Gasteiger partial charge in [0, 0.05) is 29.2 Å². The molecule has 23 heavy (non-hydrogen) atoms. The van der Waals surface area contributed by atoms with Crippen LogP contribution in [0.5, 0.6) is 5.75 Å². The molecular weight excluding hydrogens is 314 g/mol. The number of aromatic nitrogens is 1. The lowest BCUT2D eigenvalue weighted by Gasteiger charge is -2.12. The second-order valence-corrected chi connectivity index (χ2v) is 6.79. The van der Waals surface area contributed by atoms with E-state index in [1.807, 2.05) is 19.2 Å². The van der Waals surface area contributed by atoms with Crippen molar-refractivity contribution in [2.45, 2.75) is 13.3 Å². The molecule has 1 saturated heterocycles. The van der Waals surface area contributed by atoms with E-state index in [9.17, 15) is 4.79 Å². The largest absolute Gasteiger partial charge is 0.493 e. The van der Waals surface area contributed by atoms with Crippen molar-refractivity contribution in [2.24, 2.45) is 5.92 Å². The first-order valence-corrected chi connectivity index (χ1v) is 8.34. The van der Waals surface area contributed by atoms with Crippen LogP contribution in [-0.2, 0) is 9.47 Å². The van der Waals surface area contributed by atoms with Crippen LogP contribution in [0.2, 0.25) is 0 Å². The van der Waals surface area contributed by atoms with Gasteiger partial charge in [0.1, 0.15) is 10.8 Å². The van der Waals surface area contributed by atoms with E-state index in [0.717, 1.165) is 35.1 Å². The predicted molar refractivity (Wildman–Crippen MR) is 88.0 cm³/mol. The summed E-state index contributed by atoms with van der Waals surface area (Å²) in [6.45, 7) is 4.11. The summed E-state index contributed by atoms with van der Waals surface area (Å²) in [6, 6.07) is 5.42. The van der Waals surface area contributed by atoms with E-state index in [2.05, 4.69) is 4.98 Å². The van der Waals surface area contributed by atoms with Crippen LogP contribution in [0.4, 0.5) is 0 Å². The number of carbonyl (C=O) groups is 1. The molecule has 0 amide bonds. The van der Waals surface area contributed by atoms with Gasteiger partial charge in [0.05, 0.1) is 25.9 Å². The summed E-state index contributed by atoms with van der Waals surface area (Å²) in [4.78, 5) is 17.4. The number of esters is 1. The Morgan fingerprint density at radius 1 is 1.43 bits per heavy atom. The van der Waals surface area contributed by atoms with E-state index < -0.39 is 0 Å². The Balaban J connectivity index is 1.86. The highest BCUT2D eigenvalue weighted by atomic mass is 32.1. The van der Waals surface area contributed by atoms with Crippen LogP contribution < -0.4 is 4.74 Å². The average molecular weight is 333 g/mol. The third-order valence-corrected chi connectivity index (χ3v) is 4.67. The normalized spacial score (nSPS) is 17.2. The number of carbonyl (C=O) groups excluding carboxylic acids is 1. The van der Waals surface area contributed by atoms with Crippen LogP contribution in [0.3, 0.4) is 0 Å². The van der Waals surface area contributed by atoms with Gasteiger partial charge in [-0.25, -0.2) is 9.78 Å². The van der Waals surface area contributed by atoms with E-state index >= 15 is 0 Å². The molecule has 122 valence electrons. The molecule has 1 aliphatic rings. The monoisotopic (exact) mass is 333 g/mol. The fourth-order valence-corrected chi connectivity index (χ4v) is 3.21. The van der Waals surface area contributed by atoms with Gasteiger partial charge in [-0.15, -0.1) is 11.3 Å². The lowest BCUT2D eigenvalue weighted by molar-refractivity contribution is 0.0600. The number of ether oxygens (including phenoxy) is 3. The minimum absolute atomic E-state index is 0.380. The molecule has 1 atom stereocenters. The summed E-state index contributed by atoms with van der Waals surface area (Å²) in [7, 11) is 1.37. The van der Waals surface area contributed by atoms with E-state index in [-0.39, 0.29) is 5.97 Å². The number of aryl methyl sites for hydroxylation is 1. The number of thiazole rings is 1. The van der Waals surface area contributed by atoms with Crippen molar-refractivity contribution in [3.05, 3.63) is 34.8 Å². The van der Waals surface area contributed by atoms with Gasteiger partial charge in [-0.05, 0) is 31.5 Å². The van der Waals surface area contributed by atoms with Gasteiger partial charge in [-0.1, -0.05) is 0 Å². The van der Waals surface area contributed by atoms with Crippen LogP contribution >= 0.6 is 11.3 Å². The number of hydrogen-bond donors (Lipinski definition) is 0. The van der Waals surface area contributed by atoms with Crippen molar-refractivity contribution in [3.8, 4) is 16.3 Å². The summed E-state index contributed by atoms with van der Waals surface area (Å²) in [6.07, 6.45) is 2.83. The molecule has 0 aliphatic carbocycles. The first-order chi connectivity index (χ1) is 11.2. The van der Waals surface area contributed by atoms with Crippen molar-refractivity contribution in [1.29, 1.82) is 0 Å². The Bertz CT molecular complexity index is 692. The van der Waals surface area contributed by atoms with Crippen molar-refractivity contribution < 1.29 is 19.0 Å². The van der Waals surface area contributed by atoms with Crippen molar-refractivity contribution in [3.63, 3.8) is 0 Å². The van der Waals surface area contributed by atoms with E-state index in [1.54, 1.807) is 23.5 Å². The minimum Gasteiger partial charge on any atom is -0.493 e. The fourth-order valence-electron chi connectivity index (χ4n) is 2.46. The highest BCUT2D eigenvalue weighted by molar-refractivity contribution is 7.14. The number of nitrogens with zero attached hydrogens (tertiary/aromatic N) is 1. The van der Waals surface area contributed by atoms with Gasteiger partial charge in [-0.3, -0.25) is 0 Å². The summed E-state index contributed by atoms with van der Waals surface area (Å²) in [5.41, 5.74) is 1.33. The second kappa shape index (κ2) is 7.10. The van der Waals surface area contributed by atoms with Crippen LogP contribution in [0.15, 0.2) is 24.4 Å². The van der Waals surface area contributed by atoms with E-state index in [1.165, 1.54) is 7.11 Å². The van der Waals surface area contributed by atoms with Gasteiger partial charge in [-0.2, -0.15) is 0 Å². The van der Waals surface area contributed by atoms with Gasteiger partial charge in [0.15, 0.2) is 0 Å². The lowest BCUT2D eigenvalue weighted by Crippen LogP contribution is -2.12. The number of methoxy groups -OCH3 is 1. The Morgan fingerprint density at radius 3 is 2.96 bits per heavy atom. The molecule has 1 fully saturated rings. The van der Waals surface area contributed by atoms with Gasteiger partial charge in [0.25, 0.3) is 0 Å². The molecule has 1 aromatic heterocycles. The average Bonchev–Trinajstić information content (AvgIpc) is 3.23. The smallest absolute Gasteiger partial charge is 0.338 e. The van der Waals surface area contributed by atoms with Crippen LogP contribution in [0.25, 0.3) is 10.6 Å². The van der Waals surface area contributed by atoms with E-state index in [4.69, 9.17) is 14.2 Å². The highest BCUT2D eigenvalue weighted by Gasteiger charge is 2.17. The summed E-state index contributed by atoms with van der Waals surface area (Å²) < 4.78 is 16.1. The molecule has 0 saturated carbocycles. The third kappa shape index (κ3) is 3.89. The van der Waals surface area contributed by atoms with Gasteiger partial charge in [0.2, 0.25) is 0 Å². The quantitative estimate of drug-likeness (QED) is 0.786. The summed E-state index contributed by atoms with van der Waals surface area (Å²) in [5.74, 6) is 0.680. The molecule has 0 radical (unpaired) electrons. The zero-order valence-electron chi connectivity index (χ0n) is 13.2. The zero-order chi connectivity index (χ0) is 16.2. The molecule has 1 aliphatic heterocycles. The predicted octanol–water partition coefficient (Wildman–Crippen LogP) is 3.32. The standard InChI is InChI=1S/C17H19NO4S/c1-11-8-18-16(23-11)13-5-14(17(19)20-2)7-15(6-13)22-10-12-3-4-21-9-12/h5-8,12H,3-4,9-10H2,1-2H3/t12-/m1/s1. The maximum absolute atomic E-state index is 11.9. The van der Waals surface area contributed by atoms with Crippen molar-refractivity contribution in [2.75, 3.05) is 26.9 Å². The molecule has 5 nitrogen and oxygen atoms in total.